The van der Waals surface area contributed by atoms with Gasteiger partial charge >= 0.3 is 0 Å². The second-order valence-corrected chi connectivity index (χ2v) is 8.75. The molecule has 3 rings (SSSR count). The van der Waals surface area contributed by atoms with Crippen molar-refractivity contribution < 1.29 is 28.3 Å². The number of piperidine rings is 1. The molecule has 30 heavy (non-hydrogen) atoms. The molecule has 1 heterocycles. The number of benzene rings is 2. The van der Waals surface area contributed by atoms with Gasteiger partial charge in [0.2, 0.25) is 10.0 Å². The highest BCUT2D eigenvalue weighted by molar-refractivity contribution is 7.89. The highest BCUT2D eigenvalue weighted by Gasteiger charge is 2.40. The number of nitrogens with zero attached hydrogens (tertiary/aromatic N) is 2. The number of hydrogen-bond donors (Lipinski definition) is 3. The highest BCUT2D eigenvalue weighted by atomic mass is 32.2. The van der Waals surface area contributed by atoms with E-state index in [9.17, 15) is 18.3 Å². The van der Waals surface area contributed by atoms with Crippen LogP contribution in [0.5, 0.6) is 5.75 Å². The van der Waals surface area contributed by atoms with Gasteiger partial charge in [-0.05, 0) is 54.8 Å². The summed E-state index contributed by atoms with van der Waals surface area (Å²) in [6.45, 7) is 0.207. The van der Waals surface area contributed by atoms with Gasteiger partial charge in [0.15, 0.2) is 0 Å². The molecule has 3 N–H and O–H groups in total. The Morgan fingerprint density at radius 2 is 1.87 bits per heavy atom. The van der Waals surface area contributed by atoms with E-state index in [1.165, 1.54) is 29.7 Å². The van der Waals surface area contributed by atoms with E-state index in [0.29, 0.717) is 11.3 Å². The predicted octanol–water partition coefficient (Wildman–Crippen LogP) is 1.16. The Labute approximate surface area is 174 Å². The minimum Gasteiger partial charge on any atom is -0.489 e. The first kappa shape index (κ1) is 21.7. The van der Waals surface area contributed by atoms with E-state index >= 15 is 0 Å². The first-order valence-electron chi connectivity index (χ1n) is 9.21. The molecule has 0 radical (unpaired) electrons. The molecule has 2 atom stereocenters. The minimum absolute atomic E-state index is 0.0275. The molecule has 1 amide bonds. The fourth-order valence-electron chi connectivity index (χ4n) is 3.21. The van der Waals surface area contributed by atoms with Gasteiger partial charge in [0.05, 0.1) is 22.6 Å². The summed E-state index contributed by atoms with van der Waals surface area (Å²) in [6.07, 6.45) is -0.728. The minimum atomic E-state index is -4.02. The van der Waals surface area contributed by atoms with Crippen LogP contribution in [0.4, 0.5) is 0 Å². The molecule has 0 saturated carbocycles. The molecule has 2 aromatic carbocycles. The van der Waals surface area contributed by atoms with Crippen LogP contribution in [0.25, 0.3) is 0 Å². The number of nitriles is 1. The molecule has 0 aliphatic carbocycles. The van der Waals surface area contributed by atoms with Crippen molar-refractivity contribution >= 4 is 15.9 Å². The van der Waals surface area contributed by atoms with E-state index < -0.39 is 28.1 Å². The Balaban J connectivity index is 1.72. The SMILES string of the molecule is N#Cc1ccc(COc2ccc(S(=O)(=O)N3CCC(O)CC3C(=O)NO)cc2)cc1. The van der Waals surface area contributed by atoms with Crippen LogP contribution in [-0.4, -0.2) is 47.6 Å². The standard InChI is InChI=1S/C20H21N3O6S/c21-12-14-1-3-15(4-2-14)13-29-17-5-7-18(8-6-17)30(27,28)23-10-9-16(24)11-19(23)20(25)22-26/h1-8,16,19,24,26H,9-11,13H2,(H,22,25). The second kappa shape index (κ2) is 9.23. The summed E-state index contributed by atoms with van der Waals surface area (Å²) in [5.74, 6) is -0.434. The normalized spacial score (nSPS) is 19.6. The average molecular weight is 431 g/mol. The molecule has 0 spiro atoms. The molecule has 9 nitrogen and oxygen atoms in total. The summed E-state index contributed by atoms with van der Waals surface area (Å²) >= 11 is 0. The molecular weight excluding hydrogens is 410 g/mol. The van der Waals surface area contributed by atoms with Crippen LogP contribution < -0.4 is 10.2 Å². The van der Waals surface area contributed by atoms with E-state index in [1.807, 2.05) is 6.07 Å². The lowest BCUT2D eigenvalue weighted by molar-refractivity contribution is -0.135. The number of carbonyl (C=O) groups excluding carboxylic acids is 1. The topological polar surface area (TPSA) is 140 Å². The number of ether oxygens (including phenoxy) is 1. The molecular formula is C20H21N3O6S. The van der Waals surface area contributed by atoms with Crippen molar-refractivity contribution in [2.45, 2.75) is 36.5 Å². The zero-order valence-electron chi connectivity index (χ0n) is 15.9. The largest absolute Gasteiger partial charge is 0.489 e. The Morgan fingerprint density at radius 1 is 1.20 bits per heavy atom. The van der Waals surface area contributed by atoms with Crippen LogP contribution >= 0.6 is 0 Å². The fraction of sp³-hybridized carbons (Fsp3) is 0.300. The second-order valence-electron chi connectivity index (χ2n) is 6.85. The molecule has 0 aromatic heterocycles. The predicted molar refractivity (Wildman–Crippen MR) is 105 cm³/mol. The molecule has 10 heteroatoms. The number of nitrogens with one attached hydrogen (secondary N) is 1. The lowest BCUT2D eigenvalue weighted by Gasteiger charge is -2.35. The number of carbonyl (C=O) groups is 1. The Kier molecular flexibility index (Phi) is 6.69. The van der Waals surface area contributed by atoms with Gasteiger partial charge in [-0.25, -0.2) is 13.9 Å². The summed E-state index contributed by atoms with van der Waals surface area (Å²) in [4.78, 5) is 11.9. The van der Waals surface area contributed by atoms with Crippen LogP contribution in [0.3, 0.4) is 0 Å². The maximum absolute atomic E-state index is 13.0. The molecule has 0 bridgehead atoms. The lowest BCUT2D eigenvalue weighted by atomic mass is 10.0. The van der Waals surface area contributed by atoms with Gasteiger partial charge in [-0.2, -0.15) is 9.57 Å². The molecule has 1 saturated heterocycles. The summed E-state index contributed by atoms with van der Waals surface area (Å²) < 4.78 is 32.6. The van der Waals surface area contributed by atoms with Crippen LogP contribution in [-0.2, 0) is 21.4 Å². The van der Waals surface area contributed by atoms with Gasteiger partial charge in [-0.1, -0.05) is 12.1 Å². The van der Waals surface area contributed by atoms with Crippen molar-refractivity contribution in [2.75, 3.05) is 6.54 Å². The van der Waals surface area contributed by atoms with Crippen molar-refractivity contribution in [3.8, 4) is 11.8 Å². The van der Waals surface area contributed by atoms with Gasteiger partial charge in [0, 0.05) is 6.54 Å². The van der Waals surface area contributed by atoms with Crippen molar-refractivity contribution in [1.82, 2.24) is 9.79 Å². The number of hydroxylamine groups is 1. The summed E-state index contributed by atoms with van der Waals surface area (Å²) in [5.41, 5.74) is 2.87. The molecule has 2 unspecified atom stereocenters. The molecule has 158 valence electrons. The first-order valence-corrected chi connectivity index (χ1v) is 10.6. The van der Waals surface area contributed by atoms with Gasteiger partial charge in [0.25, 0.3) is 5.91 Å². The number of hydrogen-bond acceptors (Lipinski definition) is 7. The van der Waals surface area contributed by atoms with Crippen LogP contribution in [0.2, 0.25) is 0 Å². The molecule has 1 fully saturated rings. The Hall–Kier alpha value is -2.97. The van der Waals surface area contributed by atoms with Crippen molar-refractivity contribution in [1.29, 1.82) is 5.26 Å². The number of aliphatic hydroxyl groups excluding tert-OH is 1. The number of sulfonamides is 1. The van der Waals surface area contributed by atoms with Crippen LogP contribution in [0, 0.1) is 11.3 Å². The van der Waals surface area contributed by atoms with Gasteiger partial charge in [0.1, 0.15) is 18.4 Å². The Morgan fingerprint density at radius 3 is 2.47 bits per heavy atom. The van der Waals surface area contributed by atoms with Crippen molar-refractivity contribution in [3.63, 3.8) is 0 Å². The van der Waals surface area contributed by atoms with E-state index in [0.717, 1.165) is 9.87 Å². The first-order chi connectivity index (χ1) is 14.3. The maximum Gasteiger partial charge on any atom is 0.261 e. The van der Waals surface area contributed by atoms with E-state index in [2.05, 4.69) is 0 Å². The van der Waals surface area contributed by atoms with E-state index in [-0.39, 0.29) is 30.9 Å². The van der Waals surface area contributed by atoms with Crippen molar-refractivity contribution in [2.24, 2.45) is 0 Å². The third kappa shape index (κ3) is 4.77. The average Bonchev–Trinajstić information content (AvgIpc) is 2.77. The van der Waals surface area contributed by atoms with Gasteiger partial charge in [-0.3, -0.25) is 10.0 Å². The van der Waals surface area contributed by atoms with Crippen molar-refractivity contribution in [3.05, 3.63) is 59.7 Å². The summed E-state index contributed by atoms with van der Waals surface area (Å²) in [5, 5.41) is 27.5. The number of rotatable bonds is 6. The quantitative estimate of drug-likeness (QED) is 0.460. The molecule has 1 aliphatic heterocycles. The zero-order chi connectivity index (χ0) is 21.7. The summed E-state index contributed by atoms with van der Waals surface area (Å²) in [7, 11) is -4.02. The maximum atomic E-state index is 13.0. The number of aliphatic hydroxyl groups is 1. The van der Waals surface area contributed by atoms with Crippen LogP contribution in [0.15, 0.2) is 53.4 Å². The molecule has 2 aromatic rings. The third-order valence-corrected chi connectivity index (χ3v) is 6.78. The summed E-state index contributed by atoms with van der Waals surface area (Å²) in [6, 6.07) is 13.5. The van der Waals surface area contributed by atoms with Gasteiger partial charge < -0.3 is 9.84 Å². The smallest absolute Gasteiger partial charge is 0.261 e. The van der Waals surface area contributed by atoms with E-state index in [1.54, 1.807) is 24.3 Å². The van der Waals surface area contributed by atoms with Gasteiger partial charge in [-0.15, -0.1) is 0 Å². The third-order valence-electron chi connectivity index (χ3n) is 4.86. The number of amides is 1. The Bertz CT molecular complexity index is 1030. The fourth-order valence-corrected chi connectivity index (χ4v) is 4.82. The highest BCUT2D eigenvalue weighted by Crippen LogP contribution is 2.27. The lowest BCUT2D eigenvalue weighted by Crippen LogP contribution is -2.54. The van der Waals surface area contributed by atoms with Crippen LogP contribution in [0.1, 0.15) is 24.0 Å². The molecule has 1 aliphatic rings. The zero-order valence-corrected chi connectivity index (χ0v) is 16.7. The monoisotopic (exact) mass is 431 g/mol. The van der Waals surface area contributed by atoms with E-state index in [4.69, 9.17) is 15.2 Å².